The monoisotopic (exact) mass is 307 g/mol. The summed E-state index contributed by atoms with van der Waals surface area (Å²) in [5, 5.41) is 13.5. The van der Waals surface area contributed by atoms with E-state index in [2.05, 4.69) is 21.7 Å². The number of thiophene rings is 1. The van der Waals surface area contributed by atoms with Crippen LogP contribution in [-0.4, -0.2) is 37.4 Å². The molecule has 4 nitrogen and oxygen atoms in total. The maximum atomic E-state index is 9.26. The standard InChI is InChI=1S/C16H21NO3S/c1-19-15-4-3-14(16(9-15)20-2)11-17(6-7-18)10-13-5-8-21-12-13/h3-5,8-9,12,18H,6-7,10-11H2,1-2H3. The quantitative estimate of drug-likeness (QED) is 0.814. The van der Waals surface area contributed by atoms with Crippen molar-refractivity contribution in [1.29, 1.82) is 0 Å². The summed E-state index contributed by atoms with van der Waals surface area (Å²) in [4.78, 5) is 2.20. The zero-order chi connectivity index (χ0) is 15.1. The van der Waals surface area contributed by atoms with Crippen LogP contribution in [0.1, 0.15) is 11.1 Å². The lowest BCUT2D eigenvalue weighted by molar-refractivity contribution is 0.183. The van der Waals surface area contributed by atoms with Gasteiger partial charge in [-0.25, -0.2) is 0 Å². The van der Waals surface area contributed by atoms with Gasteiger partial charge in [-0.3, -0.25) is 4.90 Å². The molecule has 0 spiro atoms. The Hall–Kier alpha value is -1.56. The third-order valence-corrected chi connectivity index (χ3v) is 4.02. The predicted molar refractivity (Wildman–Crippen MR) is 85.1 cm³/mol. The number of hydrogen-bond acceptors (Lipinski definition) is 5. The maximum Gasteiger partial charge on any atom is 0.127 e. The van der Waals surface area contributed by atoms with Gasteiger partial charge in [0.05, 0.1) is 20.8 Å². The third kappa shape index (κ3) is 4.46. The lowest BCUT2D eigenvalue weighted by Crippen LogP contribution is -2.26. The summed E-state index contributed by atoms with van der Waals surface area (Å²) in [7, 11) is 3.30. The van der Waals surface area contributed by atoms with Crippen molar-refractivity contribution in [2.24, 2.45) is 0 Å². The Bertz CT molecular complexity index is 542. The van der Waals surface area contributed by atoms with Crippen molar-refractivity contribution in [3.8, 4) is 11.5 Å². The zero-order valence-corrected chi connectivity index (χ0v) is 13.2. The van der Waals surface area contributed by atoms with Gasteiger partial charge in [0.1, 0.15) is 11.5 Å². The van der Waals surface area contributed by atoms with Crippen LogP contribution in [0.15, 0.2) is 35.0 Å². The van der Waals surface area contributed by atoms with Gasteiger partial charge in [-0.15, -0.1) is 0 Å². The van der Waals surface area contributed by atoms with Crippen LogP contribution < -0.4 is 9.47 Å². The van der Waals surface area contributed by atoms with Crippen molar-refractivity contribution in [1.82, 2.24) is 4.90 Å². The second kappa shape index (κ2) is 8.02. The van der Waals surface area contributed by atoms with Crippen molar-refractivity contribution >= 4 is 11.3 Å². The Balaban J connectivity index is 2.12. The molecule has 1 aromatic carbocycles. The molecule has 0 saturated carbocycles. The van der Waals surface area contributed by atoms with Gasteiger partial charge >= 0.3 is 0 Å². The molecule has 5 heteroatoms. The van der Waals surface area contributed by atoms with Crippen LogP contribution >= 0.6 is 11.3 Å². The SMILES string of the molecule is COc1ccc(CN(CCO)Cc2ccsc2)c(OC)c1. The minimum atomic E-state index is 0.141. The van der Waals surface area contributed by atoms with Gasteiger partial charge in [-0.2, -0.15) is 11.3 Å². The largest absolute Gasteiger partial charge is 0.497 e. The van der Waals surface area contributed by atoms with Crippen molar-refractivity contribution in [2.75, 3.05) is 27.4 Å². The molecular formula is C16H21NO3S. The average Bonchev–Trinajstić information content (AvgIpc) is 3.00. The first-order valence-corrected chi connectivity index (χ1v) is 7.76. The summed E-state index contributed by atoms with van der Waals surface area (Å²) in [5.41, 5.74) is 2.35. The molecule has 0 aliphatic carbocycles. The molecule has 0 atom stereocenters. The minimum Gasteiger partial charge on any atom is -0.497 e. The first-order chi connectivity index (χ1) is 10.3. The fourth-order valence-electron chi connectivity index (χ4n) is 2.22. The fourth-order valence-corrected chi connectivity index (χ4v) is 2.88. The predicted octanol–water partition coefficient (Wildman–Crippen LogP) is 2.76. The van der Waals surface area contributed by atoms with Crippen LogP contribution in [0.25, 0.3) is 0 Å². The number of hydrogen-bond donors (Lipinski definition) is 1. The summed E-state index contributed by atoms with van der Waals surface area (Å²) in [6, 6.07) is 7.94. The molecule has 0 unspecified atom stereocenters. The molecule has 0 saturated heterocycles. The van der Waals surface area contributed by atoms with Gasteiger partial charge in [0.15, 0.2) is 0 Å². The summed E-state index contributed by atoms with van der Waals surface area (Å²) in [6.07, 6.45) is 0. The third-order valence-electron chi connectivity index (χ3n) is 3.29. The second-order valence-electron chi connectivity index (χ2n) is 4.74. The Morgan fingerprint density at radius 1 is 1.14 bits per heavy atom. The van der Waals surface area contributed by atoms with Crippen LogP contribution in [0.5, 0.6) is 11.5 Å². The van der Waals surface area contributed by atoms with Gasteiger partial charge in [-0.05, 0) is 28.5 Å². The topological polar surface area (TPSA) is 41.9 Å². The first-order valence-electron chi connectivity index (χ1n) is 6.82. The highest BCUT2D eigenvalue weighted by molar-refractivity contribution is 7.07. The first kappa shape index (κ1) is 15.8. The number of rotatable bonds is 8. The Labute approximate surface area is 129 Å². The number of methoxy groups -OCH3 is 2. The summed E-state index contributed by atoms with van der Waals surface area (Å²) < 4.78 is 10.7. The van der Waals surface area contributed by atoms with E-state index in [0.29, 0.717) is 6.54 Å². The Morgan fingerprint density at radius 2 is 2.00 bits per heavy atom. The molecule has 2 aromatic rings. The maximum absolute atomic E-state index is 9.26. The van der Waals surface area contributed by atoms with Gasteiger partial charge in [0, 0.05) is 31.3 Å². The highest BCUT2D eigenvalue weighted by atomic mass is 32.1. The Kier molecular flexibility index (Phi) is 6.04. The Morgan fingerprint density at radius 3 is 2.62 bits per heavy atom. The van der Waals surface area contributed by atoms with Gasteiger partial charge in [-0.1, -0.05) is 6.07 Å². The fraction of sp³-hybridized carbons (Fsp3) is 0.375. The highest BCUT2D eigenvalue weighted by Gasteiger charge is 2.11. The van der Waals surface area contributed by atoms with Gasteiger partial charge < -0.3 is 14.6 Å². The van der Waals surface area contributed by atoms with E-state index in [0.717, 1.165) is 30.2 Å². The molecule has 0 aliphatic rings. The van der Waals surface area contributed by atoms with E-state index in [1.165, 1.54) is 5.56 Å². The molecule has 1 aromatic heterocycles. The number of nitrogens with zero attached hydrogens (tertiary/aromatic N) is 1. The lowest BCUT2D eigenvalue weighted by atomic mass is 10.1. The van der Waals surface area contributed by atoms with Crippen LogP contribution in [0.4, 0.5) is 0 Å². The van der Waals surface area contributed by atoms with E-state index < -0.39 is 0 Å². The van der Waals surface area contributed by atoms with Gasteiger partial charge in [0.25, 0.3) is 0 Å². The number of ether oxygens (including phenoxy) is 2. The van der Waals surface area contributed by atoms with E-state index in [1.54, 1.807) is 25.6 Å². The molecule has 0 aliphatic heterocycles. The van der Waals surface area contributed by atoms with Crippen LogP contribution in [0, 0.1) is 0 Å². The summed E-state index contributed by atoms with van der Waals surface area (Å²) in [5.74, 6) is 1.59. The molecule has 1 N–H and O–H groups in total. The normalized spacial score (nSPS) is 10.9. The molecule has 0 amide bonds. The van der Waals surface area contributed by atoms with E-state index in [1.807, 2.05) is 18.2 Å². The molecule has 114 valence electrons. The van der Waals surface area contributed by atoms with E-state index in [9.17, 15) is 5.11 Å². The minimum absolute atomic E-state index is 0.141. The molecular weight excluding hydrogens is 286 g/mol. The van der Waals surface area contributed by atoms with Crippen LogP contribution in [0.2, 0.25) is 0 Å². The molecule has 0 fully saturated rings. The lowest BCUT2D eigenvalue weighted by Gasteiger charge is -2.22. The molecule has 21 heavy (non-hydrogen) atoms. The van der Waals surface area contributed by atoms with Crippen LogP contribution in [0.3, 0.4) is 0 Å². The van der Waals surface area contributed by atoms with Crippen molar-refractivity contribution < 1.29 is 14.6 Å². The summed E-state index contributed by atoms with van der Waals surface area (Å²) >= 11 is 1.69. The van der Waals surface area contributed by atoms with E-state index >= 15 is 0 Å². The van der Waals surface area contributed by atoms with E-state index in [4.69, 9.17) is 9.47 Å². The summed E-state index contributed by atoms with van der Waals surface area (Å²) in [6.45, 7) is 2.32. The van der Waals surface area contributed by atoms with E-state index in [-0.39, 0.29) is 6.61 Å². The number of aliphatic hydroxyl groups excluding tert-OH is 1. The van der Waals surface area contributed by atoms with Crippen LogP contribution in [-0.2, 0) is 13.1 Å². The second-order valence-corrected chi connectivity index (χ2v) is 5.52. The highest BCUT2D eigenvalue weighted by Crippen LogP contribution is 2.26. The molecule has 0 radical (unpaired) electrons. The van der Waals surface area contributed by atoms with Crippen molar-refractivity contribution in [3.63, 3.8) is 0 Å². The smallest absolute Gasteiger partial charge is 0.127 e. The molecule has 0 bridgehead atoms. The van der Waals surface area contributed by atoms with Crippen molar-refractivity contribution in [3.05, 3.63) is 46.2 Å². The molecule has 1 heterocycles. The number of benzene rings is 1. The number of aliphatic hydroxyl groups is 1. The zero-order valence-electron chi connectivity index (χ0n) is 12.4. The van der Waals surface area contributed by atoms with Crippen molar-refractivity contribution in [2.45, 2.75) is 13.1 Å². The molecule has 2 rings (SSSR count). The van der Waals surface area contributed by atoms with Gasteiger partial charge in [0.2, 0.25) is 0 Å². The average molecular weight is 307 g/mol.